The Balaban J connectivity index is 1.75. The molecular formula is C21H41N5O2. The Morgan fingerprint density at radius 2 is 1.82 bits per heavy atom. The van der Waals surface area contributed by atoms with Crippen LogP contribution in [0, 0.1) is 5.92 Å². The standard InChI is InChI=1S/C21H41N5O2/c1-4-17(5-2)19(26-12-14-28-15-13-26)16-24-21(22-3)23-11-10-20(27)25-18-8-6-7-9-18/h17-19H,4-16H2,1-3H3,(H,25,27)(H2,22,23,24). The van der Waals surface area contributed by atoms with Crippen LogP contribution < -0.4 is 16.0 Å². The van der Waals surface area contributed by atoms with Crippen molar-refractivity contribution < 1.29 is 9.53 Å². The highest BCUT2D eigenvalue weighted by Gasteiger charge is 2.27. The Kier molecular flexibility index (Phi) is 10.6. The highest BCUT2D eigenvalue weighted by molar-refractivity contribution is 5.81. The van der Waals surface area contributed by atoms with Gasteiger partial charge in [-0.2, -0.15) is 0 Å². The number of ether oxygens (including phenoxy) is 1. The van der Waals surface area contributed by atoms with Gasteiger partial charge in [0.1, 0.15) is 0 Å². The smallest absolute Gasteiger partial charge is 0.221 e. The molecule has 0 spiro atoms. The van der Waals surface area contributed by atoms with Crippen molar-refractivity contribution in [1.82, 2.24) is 20.9 Å². The summed E-state index contributed by atoms with van der Waals surface area (Å²) in [5, 5.41) is 9.92. The molecule has 1 heterocycles. The normalized spacial score (nSPS) is 20.4. The van der Waals surface area contributed by atoms with Crippen LogP contribution in [0.15, 0.2) is 4.99 Å². The molecule has 1 unspecified atom stereocenters. The van der Waals surface area contributed by atoms with Crippen LogP contribution in [0.1, 0.15) is 58.8 Å². The summed E-state index contributed by atoms with van der Waals surface area (Å²) < 4.78 is 5.53. The van der Waals surface area contributed by atoms with Crippen LogP contribution in [0.5, 0.6) is 0 Å². The first-order valence-electron chi connectivity index (χ1n) is 11.2. The van der Waals surface area contributed by atoms with Gasteiger partial charge in [0.15, 0.2) is 5.96 Å². The van der Waals surface area contributed by atoms with Gasteiger partial charge in [0.05, 0.1) is 13.2 Å². The molecule has 0 radical (unpaired) electrons. The van der Waals surface area contributed by atoms with Crippen LogP contribution in [-0.4, -0.2) is 75.3 Å². The molecule has 2 rings (SSSR count). The molecule has 0 bridgehead atoms. The predicted octanol–water partition coefficient (Wildman–Crippen LogP) is 1.74. The molecule has 1 saturated carbocycles. The van der Waals surface area contributed by atoms with Crippen molar-refractivity contribution in [3.8, 4) is 0 Å². The minimum Gasteiger partial charge on any atom is -0.379 e. The molecule has 1 atom stereocenters. The number of hydrogen-bond donors (Lipinski definition) is 3. The van der Waals surface area contributed by atoms with E-state index in [1.807, 2.05) is 0 Å². The summed E-state index contributed by atoms with van der Waals surface area (Å²) in [6.45, 7) is 9.65. The van der Waals surface area contributed by atoms with E-state index in [0.29, 0.717) is 31.0 Å². The third-order valence-electron chi connectivity index (χ3n) is 6.17. The van der Waals surface area contributed by atoms with Crippen LogP contribution in [0.2, 0.25) is 0 Å². The van der Waals surface area contributed by atoms with Gasteiger partial charge in [-0.15, -0.1) is 0 Å². The zero-order valence-electron chi connectivity index (χ0n) is 18.1. The number of nitrogens with one attached hydrogen (secondary N) is 3. The number of guanidine groups is 1. The number of rotatable bonds is 10. The molecule has 1 aliphatic heterocycles. The third-order valence-corrected chi connectivity index (χ3v) is 6.17. The Bertz CT molecular complexity index is 469. The van der Waals surface area contributed by atoms with Gasteiger partial charge in [0.25, 0.3) is 0 Å². The van der Waals surface area contributed by atoms with Crippen molar-refractivity contribution in [2.45, 2.75) is 70.9 Å². The van der Waals surface area contributed by atoms with E-state index in [2.05, 4.69) is 39.7 Å². The number of nitrogens with zero attached hydrogens (tertiary/aromatic N) is 2. The first kappa shape index (κ1) is 22.9. The van der Waals surface area contributed by atoms with Gasteiger partial charge in [-0.1, -0.05) is 39.5 Å². The third kappa shape index (κ3) is 7.59. The van der Waals surface area contributed by atoms with Crippen molar-refractivity contribution in [3.63, 3.8) is 0 Å². The molecular weight excluding hydrogens is 354 g/mol. The van der Waals surface area contributed by atoms with Gasteiger partial charge >= 0.3 is 0 Å². The number of hydrogen-bond acceptors (Lipinski definition) is 4. The zero-order valence-corrected chi connectivity index (χ0v) is 18.1. The summed E-state index contributed by atoms with van der Waals surface area (Å²) in [4.78, 5) is 19.0. The molecule has 0 aromatic rings. The highest BCUT2D eigenvalue weighted by atomic mass is 16.5. The fourth-order valence-corrected chi connectivity index (χ4v) is 4.42. The van der Waals surface area contributed by atoms with Gasteiger partial charge in [-0.25, -0.2) is 0 Å². The Hall–Kier alpha value is -1.34. The second-order valence-corrected chi connectivity index (χ2v) is 7.97. The summed E-state index contributed by atoms with van der Waals surface area (Å²) in [7, 11) is 1.79. The number of aliphatic imine (C=N–C) groups is 1. The Morgan fingerprint density at radius 3 is 2.43 bits per heavy atom. The second kappa shape index (κ2) is 13.0. The van der Waals surface area contributed by atoms with E-state index in [-0.39, 0.29) is 5.91 Å². The lowest BCUT2D eigenvalue weighted by atomic mass is 9.92. The van der Waals surface area contributed by atoms with Gasteiger partial charge < -0.3 is 20.7 Å². The minimum absolute atomic E-state index is 0.137. The van der Waals surface area contributed by atoms with E-state index >= 15 is 0 Å². The van der Waals surface area contributed by atoms with Crippen molar-refractivity contribution >= 4 is 11.9 Å². The molecule has 7 nitrogen and oxygen atoms in total. The molecule has 2 aliphatic rings. The molecule has 1 aliphatic carbocycles. The quantitative estimate of drug-likeness (QED) is 0.388. The maximum absolute atomic E-state index is 12.1. The summed E-state index contributed by atoms with van der Waals surface area (Å²) in [6.07, 6.45) is 7.56. The average Bonchev–Trinajstić information content (AvgIpc) is 3.23. The number of carbonyl (C=O) groups excluding carboxylic acids is 1. The van der Waals surface area contributed by atoms with Crippen molar-refractivity contribution in [1.29, 1.82) is 0 Å². The maximum Gasteiger partial charge on any atom is 0.221 e. The molecule has 0 aromatic carbocycles. The summed E-state index contributed by atoms with van der Waals surface area (Å²) in [6, 6.07) is 0.863. The van der Waals surface area contributed by atoms with Gasteiger partial charge in [0, 0.05) is 51.7 Å². The molecule has 162 valence electrons. The SMILES string of the molecule is CCC(CC)C(CNC(=NC)NCCC(=O)NC1CCCC1)N1CCOCC1. The molecule has 28 heavy (non-hydrogen) atoms. The van der Waals surface area contributed by atoms with Crippen LogP contribution in [0.3, 0.4) is 0 Å². The fraction of sp³-hybridized carbons (Fsp3) is 0.905. The van der Waals surface area contributed by atoms with Gasteiger partial charge in [-0.05, 0) is 18.8 Å². The Labute approximate surface area is 171 Å². The lowest BCUT2D eigenvalue weighted by Crippen LogP contribution is -2.53. The van der Waals surface area contributed by atoms with Crippen LogP contribution in [-0.2, 0) is 9.53 Å². The molecule has 1 amide bonds. The number of amides is 1. The maximum atomic E-state index is 12.1. The topological polar surface area (TPSA) is 78.0 Å². The first-order valence-corrected chi connectivity index (χ1v) is 11.2. The number of morpholine rings is 1. The van der Waals surface area contributed by atoms with Crippen LogP contribution >= 0.6 is 0 Å². The van der Waals surface area contributed by atoms with Crippen LogP contribution in [0.4, 0.5) is 0 Å². The van der Waals surface area contributed by atoms with Crippen molar-refractivity contribution in [2.75, 3.05) is 46.4 Å². The largest absolute Gasteiger partial charge is 0.379 e. The molecule has 3 N–H and O–H groups in total. The summed E-state index contributed by atoms with van der Waals surface area (Å²) in [5.41, 5.74) is 0. The monoisotopic (exact) mass is 395 g/mol. The lowest BCUT2D eigenvalue weighted by molar-refractivity contribution is -0.121. The van der Waals surface area contributed by atoms with E-state index in [4.69, 9.17) is 4.74 Å². The average molecular weight is 396 g/mol. The van der Waals surface area contributed by atoms with E-state index in [0.717, 1.165) is 51.6 Å². The molecule has 1 saturated heterocycles. The molecule has 2 fully saturated rings. The van der Waals surface area contributed by atoms with Gasteiger partial charge in [0.2, 0.25) is 5.91 Å². The predicted molar refractivity (Wildman–Crippen MR) is 115 cm³/mol. The zero-order chi connectivity index (χ0) is 20.2. The van der Waals surface area contributed by atoms with E-state index in [1.54, 1.807) is 7.05 Å². The summed E-state index contributed by atoms with van der Waals surface area (Å²) >= 11 is 0. The summed E-state index contributed by atoms with van der Waals surface area (Å²) in [5.74, 6) is 1.57. The first-order chi connectivity index (χ1) is 13.7. The van der Waals surface area contributed by atoms with Crippen LogP contribution in [0.25, 0.3) is 0 Å². The van der Waals surface area contributed by atoms with Crippen molar-refractivity contribution in [3.05, 3.63) is 0 Å². The molecule has 0 aromatic heterocycles. The molecule has 7 heteroatoms. The fourth-order valence-electron chi connectivity index (χ4n) is 4.42. The van der Waals surface area contributed by atoms with Crippen molar-refractivity contribution in [2.24, 2.45) is 10.9 Å². The lowest BCUT2D eigenvalue weighted by Gasteiger charge is -2.39. The van der Waals surface area contributed by atoms with E-state index in [1.165, 1.54) is 25.7 Å². The minimum atomic E-state index is 0.137. The Morgan fingerprint density at radius 1 is 1.14 bits per heavy atom. The highest BCUT2D eigenvalue weighted by Crippen LogP contribution is 2.19. The van der Waals surface area contributed by atoms with E-state index < -0.39 is 0 Å². The second-order valence-electron chi connectivity index (χ2n) is 7.97. The number of carbonyl (C=O) groups is 1. The van der Waals surface area contributed by atoms with E-state index in [9.17, 15) is 4.79 Å². The van der Waals surface area contributed by atoms with Gasteiger partial charge in [-0.3, -0.25) is 14.7 Å².